The first-order valence-corrected chi connectivity index (χ1v) is 11.5. The summed E-state index contributed by atoms with van der Waals surface area (Å²) in [5, 5.41) is -0.182. The maximum atomic E-state index is 12.2. The Labute approximate surface area is 183 Å². The average Bonchev–Trinajstić information content (AvgIpc) is 2.98. The Bertz CT molecular complexity index is 1040. The predicted octanol–water partition coefficient (Wildman–Crippen LogP) is 5.79. The summed E-state index contributed by atoms with van der Waals surface area (Å²) in [6.45, 7) is 11.7. The number of thioether (sulfide) groups is 1. The zero-order valence-corrected chi connectivity index (χ0v) is 19.3. The van der Waals surface area contributed by atoms with Crippen molar-refractivity contribution in [2.75, 3.05) is 11.5 Å². The van der Waals surface area contributed by atoms with Crippen LogP contribution in [-0.4, -0.2) is 21.8 Å². The smallest absolute Gasteiger partial charge is 0.289 e. The van der Waals surface area contributed by atoms with Gasteiger partial charge in [-0.25, -0.2) is 0 Å². The van der Waals surface area contributed by atoms with Crippen LogP contribution >= 0.6 is 11.8 Å². The number of carbonyl (C=O) groups is 2. The lowest BCUT2D eigenvalue weighted by atomic mass is 9.62. The number of fused-ring (bicyclic) bond motifs is 1. The van der Waals surface area contributed by atoms with Crippen molar-refractivity contribution in [1.29, 1.82) is 0 Å². The van der Waals surface area contributed by atoms with E-state index in [1.54, 1.807) is 0 Å². The normalized spacial score (nSPS) is 19.8. The van der Waals surface area contributed by atoms with Gasteiger partial charge < -0.3 is 5.73 Å². The van der Waals surface area contributed by atoms with E-state index < -0.39 is 0 Å². The van der Waals surface area contributed by atoms with Crippen LogP contribution in [0.5, 0.6) is 0 Å². The summed E-state index contributed by atoms with van der Waals surface area (Å²) >= 11 is 1.07. The standard InChI is InChI=1S/C25H30N2O2S/c1-15-11-18-19(25(4,5)10-9-24(18,2)3)12-17(15)22-16(7-6-8-20(22)26)13-27-21(28)14-30-23(27)29/h6-8,11-12H,9-10,13-14,26H2,1-5H3. The molecule has 0 aromatic heterocycles. The third-order valence-electron chi connectivity index (χ3n) is 6.82. The monoisotopic (exact) mass is 422 g/mol. The van der Waals surface area contributed by atoms with Gasteiger partial charge in [-0.05, 0) is 70.5 Å². The van der Waals surface area contributed by atoms with Crippen LogP contribution in [0.25, 0.3) is 11.1 Å². The highest BCUT2D eigenvalue weighted by Crippen LogP contribution is 2.48. The molecule has 4 nitrogen and oxygen atoms in total. The van der Waals surface area contributed by atoms with Gasteiger partial charge in [0.15, 0.2) is 0 Å². The van der Waals surface area contributed by atoms with Crippen molar-refractivity contribution in [2.24, 2.45) is 0 Å². The number of hydrogen-bond acceptors (Lipinski definition) is 4. The van der Waals surface area contributed by atoms with Gasteiger partial charge in [0.05, 0.1) is 12.3 Å². The molecule has 158 valence electrons. The maximum Gasteiger partial charge on any atom is 0.289 e. The Morgan fingerprint density at radius 3 is 2.27 bits per heavy atom. The minimum Gasteiger partial charge on any atom is -0.398 e. The summed E-state index contributed by atoms with van der Waals surface area (Å²) in [6.07, 6.45) is 2.31. The summed E-state index contributed by atoms with van der Waals surface area (Å²) in [4.78, 5) is 25.7. The first-order chi connectivity index (χ1) is 14.0. The van der Waals surface area contributed by atoms with Crippen LogP contribution in [-0.2, 0) is 22.2 Å². The van der Waals surface area contributed by atoms with Crippen molar-refractivity contribution in [3.63, 3.8) is 0 Å². The van der Waals surface area contributed by atoms with Gasteiger partial charge >= 0.3 is 0 Å². The highest BCUT2D eigenvalue weighted by atomic mass is 32.2. The largest absolute Gasteiger partial charge is 0.398 e. The SMILES string of the molecule is Cc1cc2c(cc1-c1c(N)cccc1CN1C(=O)CSC1=O)C(C)(C)CCC2(C)C. The molecule has 1 heterocycles. The number of rotatable bonds is 3. The average molecular weight is 423 g/mol. The number of anilines is 1. The Hall–Kier alpha value is -2.27. The topological polar surface area (TPSA) is 63.4 Å². The van der Waals surface area contributed by atoms with Gasteiger partial charge in [0.25, 0.3) is 5.24 Å². The number of nitrogens with two attached hydrogens (primary N) is 1. The van der Waals surface area contributed by atoms with Crippen molar-refractivity contribution >= 4 is 28.6 Å². The maximum absolute atomic E-state index is 12.2. The van der Waals surface area contributed by atoms with Gasteiger partial charge in [-0.15, -0.1) is 0 Å². The Balaban J connectivity index is 1.88. The molecule has 1 aliphatic carbocycles. The second-order valence-electron chi connectivity index (χ2n) is 9.90. The molecule has 0 unspecified atom stereocenters. The molecule has 2 amide bonds. The molecule has 0 radical (unpaired) electrons. The number of aryl methyl sites for hydroxylation is 1. The summed E-state index contributed by atoms with van der Waals surface area (Å²) < 4.78 is 0. The second-order valence-corrected chi connectivity index (χ2v) is 10.8. The highest BCUT2D eigenvalue weighted by molar-refractivity contribution is 8.14. The molecule has 0 bridgehead atoms. The van der Waals surface area contributed by atoms with E-state index in [1.165, 1.54) is 28.0 Å². The molecule has 0 saturated carbocycles. The lowest BCUT2D eigenvalue weighted by Crippen LogP contribution is -2.34. The first kappa shape index (κ1) is 21.0. The summed E-state index contributed by atoms with van der Waals surface area (Å²) in [5.74, 6) is 0.0841. The molecular formula is C25H30N2O2S. The van der Waals surface area contributed by atoms with Crippen LogP contribution in [0, 0.1) is 6.92 Å². The van der Waals surface area contributed by atoms with E-state index in [4.69, 9.17) is 5.73 Å². The minimum atomic E-state index is -0.182. The first-order valence-electron chi connectivity index (χ1n) is 10.5. The molecule has 1 fully saturated rings. The van der Waals surface area contributed by atoms with Crippen LogP contribution in [0.2, 0.25) is 0 Å². The number of benzene rings is 2. The van der Waals surface area contributed by atoms with Gasteiger partial charge in [-0.3, -0.25) is 14.5 Å². The van der Waals surface area contributed by atoms with Gasteiger partial charge in [-0.2, -0.15) is 0 Å². The quantitative estimate of drug-likeness (QED) is 0.636. The van der Waals surface area contributed by atoms with Crippen LogP contribution in [0.4, 0.5) is 10.5 Å². The molecule has 2 aromatic carbocycles. The molecule has 2 aromatic rings. The van der Waals surface area contributed by atoms with E-state index in [2.05, 4.69) is 46.8 Å². The number of amides is 2. The van der Waals surface area contributed by atoms with E-state index in [-0.39, 0.29) is 34.3 Å². The zero-order valence-electron chi connectivity index (χ0n) is 18.5. The van der Waals surface area contributed by atoms with Gasteiger partial charge in [0.1, 0.15) is 0 Å². The summed E-state index contributed by atoms with van der Waals surface area (Å²) in [7, 11) is 0. The van der Waals surface area contributed by atoms with Gasteiger partial charge in [0, 0.05) is 11.3 Å². The van der Waals surface area contributed by atoms with E-state index in [0.29, 0.717) is 5.69 Å². The van der Waals surface area contributed by atoms with Crippen molar-refractivity contribution in [3.05, 3.63) is 52.6 Å². The highest BCUT2D eigenvalue weighted by Gasteiger charge is 2.38. The van der Waals surface area contributed by atoms with E-state index in [9.17, 15) is 9.59 Å². The van der Waals surface area contributed by atoms with Crippen molar-refractivity contribution < 1.29 is 9.59 Å². The third-order valence-corrected chi connectivity index (χ3v) is 7.68. The number of carbonyl (C=O) groups excluding carboxylic acids is 2. The molecule has 2 aliphatic rings. The van der Waals surface area contributed by atoms with Gasteiger partial charge in [-0.1, -0.05) is 57.7 Å². The molecule has 0 atom stereocenters. The van der Waals surface area contributed by atoms with E-state index >= 15 is 0 Å². The molecule has 0 spiro atoms. The fourth-order valence-corrected chi connectivity index (χ4v) is 5.50. The molecule has 30 heavy (non-hydrogen) atoms. The van der Waals surface area contributed by atoms with Crippen molar-refractivity contribution in [2.45, 2.75) is 64.8 Å². The van der Waals surface area contributed by atoms with Crippen LogP contribution in [0.15, 0.2) is 30.3 Å². The van der Waals surface area contributed by atoms with Crippen molar-refractivity contribution in [1.82, 2.24) is 4.90 Å². The van der Waals surface area contributed by atoms with Crippen LogP contribution in [0.3, 0.4) is 0 Å². The minimum absolute atomic E-state index is 0.0918. The van der Waals surface area contributed by atoms with Crippen molar-refractivity contribution in [3.8, 4) is 11.1 Å². The fourth-order valence-electron chi connectivity index (χ4n) is 4.78. The molecule has 2 N–H and O–H groups in total. The number of hydrogen-bond donors (Lipinski definition) is 1. The predicted molar refractivity (Wildman–Crippen MR) is 125 cm³/mol. The molecular weight excluding hydrogens is 392 g/mol. The van der Waals surface area contributed by atoms with Crippen LogP contribution in [0.1, 0.15) is 62.8 Å². The van der Waals surface area contributed by atoms with E-state index in [0.717, 1.165) is 34.9 Å². The Kier molecular flexibility index (Phi) is 5.00. The number of nitrogen functional groups attached to an aromatic ring is 1. The molecule has 4 rings (SSSR count). The molecule has 1 saturated heterocycles. The molecule has 5 heteroatoms. The van der Waals surface area contributed by atoms with Gasteiger partial charge in [0.2, 0.25) is 5.91 Å². The lowest BCUT2D eigenvalue weighted by Gasteiger charge is -2.42. The second kappa shape index (κ2) is 7.16. The lowest BCUT2D eigenvalue weighted by molar-refractivity contribution is -0.125. The number of nitrogens with zero attached hydrogens (tertiary/aromatic N) is 1. The van der Waals surface area contributed by atoms with Crippen LogP contribution < -0.4 is 5.73 Å². The third kappa shape index (κ3) is 3.43. The fraction of sp³-hybridized carbons (Fsp3) is 0.440. The summed E-state index contributed by atoms with van der Waals surface area (Å²) in [5.41, 5.74) is 14.3. The Morgan fingerprint density at radius 1 is 1.03 bits per heavy atom. The summed E-state index contributed by atoms with van der Waals surface area (Å²) in [6, 6.07) is 10.4. The zero-order chi connectivity index (χ0) is 21.8. The number of imide groups is 1. The molecule has 1 aliphatic heterocycles. The van der Waals surface area contributed by atoms with E-state index in [1.807, 2.05) is 18.2 Å². The Morgan fingerprint density at radius 2 is 1.67 bits per heavy atom.